The van der Waals surface area contributed by atoms with E-state index in [-0.39, 0.29) is 32.8 Å². The van der Waals surface area contributed by atoms with Crippen molar-refractivity contribution in [1.82, 2.24) is 15.0 Å². The summed E-state index contributed by atoms with van der Waals surface area (Å²) in [4.78, 5) is 54.5. The van der Waals surface area contributed by atoms with Gasteiger partial charge >= 0.3 is 25.0 Å². The number of rotatable bonds is 26. The number of methoxy groups -OCH3 is 3. The molecular weight excluding hydrogens is 1880 g/mol. The summed E-state index contributed by atoms with van der Waals surface area (Å²) in [5.41, 5.74) is 17.9. The van der Waals surface area contributed by atoms with Gasteiger partial charge in [-0.3, -0.25) is 12.9 Å². The first-order valence-corrected chi connectivity index (χ1v) is 51.6. The van der Waals surface area contributed by atoms with Crippen molar-refractivity contribution in [1.29, 1.82) is 0 Å². The molecule has 138 heavy (non-hydrogen) atoms. The minimum Gasteiger partial charge on any atom is -0.481 e. The Morgan fingerprint density at radius 2 is 0.797 bits per heavy atom. The number of carbonyl (C=O) groups is 3. The highest BCUT2D eigenvalue weighted by atomic mass is 79.9. The van der Waals surface area contributed by atoms with Crippen LogP contribution >= 0.6 is 15.9 Å². The third kappa shape index (κ3) is 23.3. The number of hydrogen-bond donors (Lipinski definition) is 1. The van der Waals surface area contributed by atoms with Gasteiger partial charge in [-0.2, -0.15) is 0 Å². The zero-order chi connectivity index (χ0) is 102. The molecule has 0 bridgehead atoms. The molecule has 1 N–H and O–H groups in total. The average Bonchev–Trinajstić information content (AvgIpc) is 0.752. The van der Waals surface area contributed by atoms with Crippen LogP contribution < -0.4 is 32.6 Å². The summed E-state index contributed by atoms with van der Waals surface area (Å²) >= 11 is 3.58. The fourth-order valence-corrected chi connectivity index (χ4v) is 20.8. The smallest absolute Gasteiger partial charge is 0.481 e. The molecule has 14 rings (SSSR count). The maximum absolute atomic E-state index is 14.5. The van der Waals surface area contributed by atoms with E-state index in [1.165, 1.54) is 40.5 Å². The van der Waals surface area contributed by atoms with Crippen molar-refractivity contribution < 1.29 is 91.9 Å². The quantitative estimate of drug-likeness (QED) is 0.0389. The number of aryl methyl sites for hydroxylation is 3. The van der Waals surface area contributed by atoms with Crippen LogP contribution in [0.3, 0.4) is 0 Å². The van der Waals surface area contributed by atoms with E-state index < -0.39 is 101 Å². The van der Waals surface area contributed by atoms with E-state index in [0.29, 0.717) is 106 Å². The monoisotopic (exact) mass is 2000 g/mol. The molecule has 0 spiro atoms. The van der Waals surface area contributed by atoms with Gasteiger partial charge in [0.2, 0.25) is 47.7 Å². The number of carboxylic acids is 1. The Morgan fingerprint density at radius 3 is 1.14 bits per heavy atom. The number of esters is 2. The van der Waals surface area contributed by atoms with Crippen LogP contribution in [0.2, 0.25) is 0 Å². The molecule has 0 radical (unpaired) electrons. The number of anilines is 3. The number of sulfonamides is 3. The standard InChI is InChI=1S/C42H52BBrN2O8S.C36H40N2O6S.C29H34N2O6S/c1-26-18-20-30(21-19-26)34-27(2)36(43-53-41(7,8)42(9,10)54-43)37(46(55(12,48)49)24-31-22-33(50-11)45-23-32(31)44)28(3)35(34)38(52-40(4,5)6)39(47)51-25-29-16-14-13-15-17-29;1-22-14-16-26(17-15-22)30-23(2)31-28-19-37-29(42-7)18-27(28)20-38(45(8,40)41)33(31)24(3)32(30)34(44-36(4,5)6)35(39)43-21-25-12-10-9-11-13-25;1-16-9-11-19(12-10-16)23-17(2)24-21-14-30-22(36-7)13-20(21)15-31(38(8,34)35)26(24)18(3)25(23)27(28(32)33)37-29(4,5)6/h13-23,38H,24-25H2,1-12H3;9-19,34H,20-21H2,1-8H3;9-14,27H,15H2,1-8H3,(H,32,33)/t38-;34-;27-/m000/s1. The van der Waals surface area contributed by atoms with Crippen LogP contribution in [-0.4, -0.2) is 138 Å². The molecular formula is C107H126BBrN6O20S3. The number of fused-ring (bicyclic) bond motifs is 6. The fourth-order valence-electron chi connectivity index (χ4n) is 17.6. The average molecular weight is 2000 g/mol. The summed E-state index contributed by atoms with van der Waals surface area (Å²) < 4.78 is 147. The summed E-state index contributed by atoms with van der Waals surface area (Å²) in [6.45, 7) is 41.8. The molecule has 3 aliphatic heterocycles. The molecule has 1 fully saturated rings. The number of ether oxygens (including phenoxy) is 8. The summed E-state index contributed by atoms with van der Waals surface area (Å²) in [5.74, 6) is -1.22. The minimum absolute atomic E-state index is 0.0216. The Balaban J connectivity index is 0.000000189. The second-order valence-corrected chi connectivity index (χ2v) is 45.8. The molecule has 732 valence electrons. The summed E-state index contributed by atoms with van der Waals surface area (Å²) in [7, 11) is -7.98. The van der Waals surface area contributed by atoms with Crippen molar-refractivity contribution in [2.24, 2.45) is 0 Å². The highest BCUT2D eigenvalue weighted by Gasteiger charge is 2.55. The van der Waals surface area contributed by atoms with Gasteiger partial charge < -0.3 is 52.3 Å². The van der Waals surface area contributed by atoms with Crippen molar-refractivity contribution in [2.45, 2.75) is 231 Å². The summed E-state index contributed by atoms with van der Waals surface area (Å²) in [5, 5.41) is 10.4. The molecule has 26 nitrogen and oxygen atoms in total. The lowest BCUT2D eigenvalue weighted by Crippen LogP contribution is -2.44. The van der Waals surface area contributed by atoms with Crippen molar-refractivity contribution in [3.63, 3.8) is 0 Å². The number of benzene rings is 8. The van der Waals surface area contributed by atoms with E-state index in [1.807, 2.05) is 258 Å². The number of carboxylic acid groups (broad SMARTS) is 1. The molecule has 1 saturated heterocycles. The SMILES string of the molecule is COc1cc(CN(c2c(C)c([C@H](OC(C)(C)C)C(=O)OCc3ccccc3)c(-c3ccc(C)cc3)c(C)c2B2OC(C)(C)C(C)(C)O2)S(C)(=O)=O)c(Br)cn1.COc1cc2c(cn1)-c1c(C)c(-c3ccc(C)cc3)c([C@H](OC(C)(C)C)C(=O)O)c(C)c1N(S(C)(=O)=O)C2.COc1cc2c(cn1)-c1c(C)c(-c3ccc(C)cc3)c([C@H](OC(C)(C)C)C(=O)OCc3ccccc3)c(C)c1N(S(C)(=O)=O)C2. The van der Waals surface area contributed by atoms with Crippen LogP contribution in [0.5, 0.6) is 17.6 Å². The Kier molecular flexibility index (Phi) is 31.5. The zero-order valence-corrected chi connectivity index (χ0v) is 88.0. The Morgan fingerprint density at radius 1 is 0.464 bits per heavy atom. The molecule has 0 saturated carbocycles. The number of nitrogens with zero attached hydrogens (tertiary/aromatic N) is 6. The summed E-state index contributed by atoms with van der Waals surface area (Å²) in [6, 6.07) is 48.0. The lowest BCUT2D eigenvalue weighted by atomic mass is 9.70. The van der Waals surface area contributed by atoms with Gasteiger partial charge in [0.25, 0.3) is 0 Å². The molecule has 6 heterocycles. The molecule has 3 aromatic heterocycles. The molecule has 8 aromatic carbocycles. The number of aliphatic carboxylic acids is 1. The van der Waals surface area contributed by atoms with E-state index in [9.17, 15) is 44.7 Å². The third-order valence-corrected chi connectivity index (χ3v) is 28.9. The number of aromatic nitrogens is 3. The number of carbonyl (C=O) groups excluding carboxylic acids is 2. The lowest BCUT2D eigenvalue weighted by molar-refractivity contribution is -0.169. The second-order valence-electron chi connectivity index (χ2n) is 39.3. The van der Waals surface area contributed by atoms with Crippen LogP contribution in [0, 0.1) is 62.3 Å². The predicted octanol–water partition coefficient (Wildman–Crippen LogP) is 21.1. The van der Waals surface area contributed by atoms with Crippen molar-refractivity contribution in [3.8, 4) is 73.3 Å². The molecule has 11 aromatic rings. The van der Waals surface area contributed by atoms with Crippen molar-refractivity contribution >= 4 is 93.6 Å². The molecule has 0 aliphatic carbocycles. The first kappa shape index (κ1) is 105. The maximum atomic E-state index is 14.5. The van der Waals surface area contributed by atoms with E-state index in [2.05, 4.69) is 30.9 Å². The van der Waals surface area contributed by atoms with Gasteiger partial charge in [-0.15, -0.1) is 0 Å². The Bertz CT molecular complexity index is 6790. The topological polar surface area (TPSA) is 315 Å². The molecule has 0 unspecified atom stereocenters. The van der Waals surface area contributed by atoms with Crippen molar-refractivity contribution in [3.05, 3.63) is 269 Å². The summed E-state index contributed by atoms with van der Waals surface area (Å²) in [6.07, 6.45) is 4.77. The first-order chi connectivity index (χ1) is 64.4. The number of hydrogen-bond acceptors (Lipinski definition) is 22. The van der Waals surface area contributed by atoms with Gasteiger partial charge in [0.1, 0.15) is 13.2 Å². The van der Waals surface area contributed by atoms with Crippen molar-refractivity contribution in [2.75, 3.05) is 53.0 Å². The zero-order valence-electron chi connectivity index (χ0n) is 84.0. The number of halogens is 1. The van der Waals surface area contributed by atoms with Gasteiger partial charge in [0, 0.05) is 85.7 Å². The van der Waals surface area contributed by atoms with E-state index >= 15 is 0 Å². The van der Waals surface area contributed by atoms with Crippen LogP contribution in [0.25, 0.3) is 55.6 Å². The largest absolute Gasteiger partial charge is 0.497 e. The molecule has 0 amide bonds. The van der Waals surface area contributed by atoms with Gasteiger partial charge in [-0.05, 0) is 263 Å². The third-order valence-electron chi connectivity index (χ3n) is 24.8. The van der Waals surface area contributed by atoms with Gasteiger partial charge in [0.05, 0.1) is 105 Å². The first-order valence-electron chi connectivity index (χ1n) is 45.3. The van der Waals surface area contributed by atoms with Gasteiger partial charge in [-0.1, -0.05) is 150 Å². The Labute approximate surface area is 821 Å². The molecule has 3 aliphatic rings. The fraction of sp³-hybridized carbons (Fsp3) is 0.383. The lowest BCUT2D eigenvalue weighted by Gasteiger charge is -2.37. The second kappa shape index (κ2) is 41.2. The van der Waals surface area contributed by atoms with E-state index in [4.69, 9.17) is 47.2 Å². The minimum atomic E-state index is -4.05. The Hall–Kier alpha value is -11.4. The predicted molar refractivity (Wildman–Crippen MR) is 546 cm³/mol. The highest BCUT2D eigenvalue weighted by Crippen LogP contribution is 2.56. The highest BCUT2D eigenvalue weighted by molar-refractivity contribution is 9.10. The van der Waals surface area contributed by atoms with E-state index in [1.54, 1.807) is 64.5 Å². The van der Waals surface area contributed by atoms with Gasteiger partial charge in [-0.25, -0.2) is 54.6 Å². The maximum Gasteiger partial charge on any atom is 0.497 e. The van der Waals surface area contributed by atoms with Crippen LogP contribution in [0.1, 0.15) is 203 Å². The van der Waals surface area contributed by atoms with Gasteiger partial charge in [0.15, 0.2) is 18.3 Å². The number of pyridine rings is 3. The molecule has 3 atom stereocenters. The molecule has 31 heteroatoms. The van der Waals surface area contributed by atoms with Crippen LogP contribution in [-0.2, 0) is 110 Å². The van der Waals surface area contributed by atoms with Crippen LogP contribution in [0.15, 0.2) is 175 Å². The van der Waals surface area contributed by atoms with Crippen LogP contribution in [0.4, 0.5) is 17.1 Å². The normalized spacial score (nSPS) is 14.6. The van der Waals surface area contributed by atoms with E-state index in [0.717, 1.165) is 102 Å².